The van der Waals surface area contributed by atoms with Crippen molar-refractivity contribution in [1.29, 1.82) is 0 Å². The zero-order valence-corrected chi connectivity index (χ0v) is 9.41. The second kappa shape index (κ2) is 4.51. The van der Waals surface area contributed by atoms with E-state index in [1.807, 2.05) is 0 Å². The second-order valence-electron chi connectivity index (χ2n) is 3.03. The van der Waals surface area contributed by atoms with E-state index >= 15 is 0 Å². The van der Waals surface area contributed by atoms with Gasteiger partial charge < -0.3 is 14.9 Å². The summed E-state index contributed by atoms with van der Waals surface area (Å²) in [6.07, 6.45) is -5.37. The number of halogens is 3. The molecule has 0 bridgehead atoms. The number of ether oxygens (including phenoxy) is 1. The van der Waals surface area contributed by atoms with Crippen LogP contribution in [0.1, 0.15) is 0 Å². The zero-order chi connectivity index (χ0) is 15.0. The average Bonchev–Trinajstić information content (AvgIpc) is 2.16. The highest BCUT2D eigenvalue weighted by atomic mass is 32.2. The average molecular weight is 303 g/mol. The Bertz CT molecular complexity index is 678. The molecule has 0 aliphatic rings. The van der Waals surface area contributed by atoms with Gasteiger partial charge in [-0.3, -0.25) is 4.79 Å². The van der Waals surface area contributed by atoms with E-state index in [1.54, 1.807) is 0 Å². The van der Waals surface area contributed by atoms with E-state index in [0.717, 1.165) is 0 Å². The fraction of sp³-hybridized carbons (Fsp3) is 0.167. The molecule has 19 heavy (non-hydrogen) atoms. The summed E-state index contributed by atoms with van der Waals surface area (Å²) in [5.41, 5.74) is -1.66. The Morgan fingerprint density at radius 3 is 2.32 bits per heavy atom. The molecule has 106 valence electrons. The summed E-state index contributed by atoms with van der Waals surface area (Å²) in [5, 5.41) is 13.4. The van der Waals surface area contributed by atoms with Gasteiger partial charge in [0.25, 0.3) is 15.0 Å². The highest BCUT2D eigenvalue weighted by Crippen LogP contribution is 2.25. The van der Waals surface area contributed by atoms with Gasteiger partial charge in [0, 0.05) is 0 Å². The lowest BCUT2D eigenvalue weighted by Gasteiger charge is -2.09. The SMILES string of the molecule is NS(=O)(=O)c1[nH]c([N+](=O)[O-])cc(=O)c1OC(F)(F)F. The molecule has 0 radical (unpaired) electrons. The van der Waals surface area contributed by atoms with E-state index in [0.29, 0.717) is 0 Å². The Morgan fingerprint density at radius 2 is 1.95 bits per heavy atom. The van der Waals surface area contributed by atoms with E-state index in [1.165, 1.54) is 4.98 Å². The fourth-order valence-electron chi connectivity index (χ4n) is 1.02. The predicted molar refractivity (Wildman–Crippen MR) is 51.8 cm³/mol. The molecule has 1 heterocycles. The molecular weight excluding hydrogens is 299 g/mol. The van der Waals surface area contributed by atoms with Gasteiger partial charge in [-0.05, 0) is 4.92 Å². The van der Waals surface area contributed by atoms with Crippen molar-refractivity contribution in [2.24, 2.45) is 5.14 Å². The number of nitro groups is 1. The van der Waals surface area contributed by atoms with Crippen LogP contribution in [0.3, 0.4) is 0 Å². The van der Waals surface area contributed by atoms with Gasteiger partial charge in [0.15, 0.2) is 0 Å². The molecule has 1 aromatic heterocycles. The minimum atomic E-state index is -5.37. The molecule has 3 N–H and O–H groups in total. The number of nitrogens with one attached hydrogen (secondary N) is 1. The van der Waals surface area contributed by atoms with Gasteiger partial charge in [0.2, 0.25) is 11.2 Å². The van der Waals surface area contributed by atoms with Crippen LogP contribution < -0.4 is 15.3 Å². The van der Waals surface area contributed by atoms with E-state index in [-0.39, 0.29) is 6.07 Å². The largest absolute Gasteiger partial charge is 0.573 e. The van der Waals surface area contributed by atoms with Crippen molar-refractivity contribution in [2.45, 2.75) is 11.4 Å². The number of aromatic amines is 1. The number of sulfonamides is 1. The van der Waals surface area contributed by atoms with Gasteiger partial charge in [-0.2, -0.15) is 0 Å². The summed E-state index contributed by atoms with van der Waals surface area (Å²) in [6, 6.07) is 0.135. The van der Waals surface area contributed by atoms with Crippen molar-refractivity contribution in [3.05, 3.63) is 26.4 Å². The highest BCUT2D eigenvalue weighted by molar-refractivity contribution is 7.89. The molecule has 9 nitrogen and oxygen atoms in total. The first-order valence-corrected chi connectivity index (χ1v) is 5.66. The molecule has 0 unspecified atom stereocenters. The Kier molecular flexibility index (Phi) is 3.54. The van der Waals surface area contributed by atoms with Crippen molar-refractivity contribution in [2.75, 3.05) is 0 Å². The third kappa shape index (κ3) is 3.65. The normalized spacial score (nSPS) is 12.2. The number of primary sulfonamides is 1. The molecule has 13 heteroatoms. The van der Waals surface area contributed by atoms with Crippen LogP contribution in [0.2, 0.25) is 0 Å². The smallest absolute Gasteiger partial charge is 0.396 e. The molecule has 0 atom stereocenters. The van der Waals surface area contributed by atoms with Crippen LogP contribution in [0.5, 0.6) is 5.75 Å². The topological polar surface area (TPSA) is 145 Å². The molecule has 0 saturated carbocycles. The summed E-state index contributed by atoms with van der Waals surface area (Å²) in [4.78, 5) is 21.8. The zero-order valence-electron chi connectivity index (χ0n) is 8.59. The Labute approximate surface area is 102 Å². The van der Waals surface area contributed by atoms with Crippen LogP contribution in [-0.4, -0.2) is 24.7 Å². The number of pyridine rings is 1. The first-order chi connectivity index (χ1) is 8.42. The first kappa shape index (κ1) is 14.9. The lowest BCUT2D eigenvalue weighted by atomic mass is 10.4. The summed E-state index contributed by atoms with van der Waals surface area (Å²) in [7, 11) is -4.87. The minimum absolute atomic E-state index is 0.135. The van der Waals surface area contributed by atoms with Gasteiger partial charge in [-0.25, -0.2) is 18.5 Å². The number of hydrogen-bond donors (Lipinski definition) is 2. The number of nitrogens with two attached hydrogens (primary N) is 1. The quantitative estimate of drug-likeness (QED) is 0.585. The summed E-state index contributed by atoms with van der Waals surface area (Å²) in [5.74, 6) is -2.84. The van der Waals surface area contributed by atoms with Crippen molar-refractivity contribution in [3.8, 4) is 5.75 Å². The molecule has 0 aliphatic carbocycles. The van der Waals surface area contributed by atoms with Crippen molar-refractivity contribution in [3.63, 3.8) is 0 Å². The van der Waals surface area contributed by atoms with Crippen molar-refractivity contribution in [1.82, 2.24) is 4.98 Å². The third-order valence-electron chi connectivity index (χ3n) is 1.64. The summed E-state index contributed by atoms with van der Waals surface area (Å²) < 4.78 is 61.2. The van der Waals surface area contributed by atoms with Crippen LogP contribution >= 0.6 is 0 Å². The van der Waals surface area contributed by atoms with Crippen LogP contribution in [0, 0.1) is 10.1 Å². The standard InChI is InChI=1S/C6H4F3N3O6S/c7-6(8,9)18-4-2(13)1-3(12(14)15)11-5(4)19(10,16)17/h1H,(H,11,13)(H2,10,16,17). The number of aromatic nitrogens is 1. The van der Waals surface area contributed by atoms with Crippen molar-refractivity contribution >= 4 is 15.8 Å². The maximum atomic E-state index is 12.0. The number of hydrogen-bond acceptors (Lipinski definition) is 6. The molecule has 0 aromatic carbocycles. The maximum absolute atomic E-state index is 12.0. The molecule has 0 saturated heterocycles. The van der Waals surface area contributed by atoms with Crippen LogP contribution in [0.15, 0.2) is 15.9 Å². The summed E-state index contributed by atoms with van der Waals surface area (Å²) >= 11 is 0. The molecule has 0 aliphatic heterocycles. The Hall–Kier alpha value is -2.15. The van der Waals surface area contributed by atoms with Crippen LogP contribution in [0.4, 0.5) is 19.0 Å². The number of alkyl halides is 3. The van der Waals surface area contributed by atoms with Crippen LogP contribution in [0.25, 0.3) is 0 Å². The maximum Gasteiger partial charge on any atom is 0.573 e. The van der Waals surface area contributed by atoms with E-state index in [4.69, 9.17) is 0 Å². The van der Waals surface area contributed by atoms with E-state index < -0.39 is 43.3 Å². The molecular formula is C6H4F3N3O6S. The monoisotopic (exact) mass is 303 g/mol. The number of nitrogens with zero attached hydrogens (tertiary/aromatic N) is 1. The highest BCUT2D eigenvalue weighted by Gasteiger charge is 2.37. The Morgan fingerprint density at radius 1 is 1.42 bits per heavy atom. The van der Waals surface area contributed by atoms with Gasteiger partial charge in [0.1, 0.15) is 0 Å². The van der Waals surface area contributed by atoms with Gasteiger partial charge in [-0.1, -0.05) is 0 Å². The van der Waals surface area contributed by atoms with Crippen molar-refractivity contribution < 1.29 is 31.2 Å². The van der Waals surface area contributed by atoms with Crippen LogP contribution in [-0.2, 0) is 10.0 Å². The number of H-pyrrole nitrogens is 1. The second-order valence-corrected chi connectivity index (χ2v) is 4.53. The molecule has 0 spiro atoms. The minimum Gasteiger partial charge on any atom is -0.396 e. The van der Waals surface area contributed by atoms with E-state index in [2.05, 4.69) is 9.88 Å². The molecule has 1 aromatic rings. The lowest BCUT2D eigenvalue weighted by Crippen LogP contribution is -2.26. The van der Waals surface area contributed by atoms with Gasteiger partial charge in [0.05, 0.1) is 6.07 Å². The predicted octanol–water partition coefficient (Wildman–Crippen LogP) is -0.171. The summed E-state index contributed by atoms with van der Waals surface area (Å²) in [6.45, 7) is 0. The molecule has 1 rings (SSSR count). The number of rotatable bonds is 3. The van der Waals surface area contributed by atoms with Gasteiger partial charge in [-0.15, -0.1) is 13.2 Å². The fourth-order valence-corrected chi connectivity index (χ4v) is 1.67. The first-order valence-electron chi connectivity index (χ1n) is 4.12. The molecule has 0 amide bonds. The van der Waals surface area contributed by atoms with E-state index in [9.17, 15) is 36.5 Å². The van der Waals surface area contributed by atoms with Gasteiger partial charge >= 0.3 is 12.2 Å². The lowest BCUT2D eigenvalue weighted by molar-refractivity contribution is -0.390. The Balaban J connectivity index is 3.63. The molecule has 0 fully saturated rings. The third-order valence-corrected chi connectivity index (χ3v) is 2.49.